The molecule has 0 atom stereocenters. The van der Waals surface area contributed by atoms with E-state index in [1.165, 1.54) is 107 Å². The summed E-state index contributed by atoms with van der Waals surface area (Å²) in [5, 5.41) is 0. The molecule has 168 valence electrons. The molecule has 0 nitrogen and oxygen atoms in total. The summed E-state index contributed by atoms with van der Waals surface area (Å²) < 4.78 is 0. The van der Waals surface area contributed by atoms with Gasteiger partial charge in [0.15, 0.2) is 0 Å². The van der Waals surface area contributed by atoms with E-state index in [2.05, 4.69) is 50.2 Å². The maximum absolute atomic E-state index is 2.53. The first-order chi connectivity index (χ1) is 15.3. The van der Waals surface area contributed by atoms with E-state index in [1.54, 1.807) is 16.7 Å². The quantitative estimate of drug-likeness (QED) is 0.273. The van der Waals surface area contributed by atoms with Crippen molar-refractivity contribution in [1.82, 2.24) is 0 Å². The Hall–Kier alpha value is -1.56. The Balaban J connectivity index is 1.27. The van der Waals surface area contributed by atoms with Gasteiger partial charge in [-0.15, -0.1) is 0 Å². The van der Waals surface area contributed by atoms with Crippen LogP contribution in [0.25, 0.3) is 11.1 Å². The number of hydrogen-bond donors (Lipinski definition) is 0. The largest absolute Gasteiger partial charge is 0.0654 e. The topological polar surface area (TPSA) is 0 Å². The van der Waals surface area contributed by atoms with Crippen molar-refractivity contribution in [2.75, 3.05) is 0 Å². The van der Waals surface area contributed by atoms with Gasteiger partial charge in [-0.3, -0.25) is 0 Å². The molecule has 0 heteroatoms. The highest BCUT2D eigenvalue weighted by atomic mass is 14.3. The van der Waals surface area contributed by atoms with Gasteiger partial charge in [-0.2, -0.15) is 0 Å². The molecule has 2 aliphatic carbocycles. The number of aryl methyl sites for hydroxylation is 2. The Morgan fingerprint density at radius 3 is 1.77 bits per heavy atom. The van der Waals surface area contributed by atoms with E-state index in [4.69, 9.17) is 0 Å². The zero-order chi connectivity index (χ0) is 21.5. The lowest BCUT2D eigenvalue weighted by atomic mass is 9.77. The number of unbranched alkanes of at least 4 members (excludes halogenated alkanes) is 4. The van der Waals surface area contributed by atoms with Crippen LogP contribution in [0, 0.1) is 11.8 Å². The maximum Gasteiger partial charge on any atom is -0.00133 e. The fraction of sp³-hybridized carbons (Fsp3) is 0.613. The molecule has 1 saturated carbocycles. The normalized spacial score (nSPS) is 19.9. The molecule has 1 fully saturated rings. The molecule has 0 spiro atoms. The van der Waals surface area contributed by atoms with E-state index in [1.807, 2.05) is 0 Å². The number of rotatable bonds is 11. The second kappa shape index (κ2) is 11.3. The Labute approximate surface area is 191 Å². The van der Waals surface area contributed by atoms with Crippen molar-refractivity contribution in [3.8, 4) is 11.1 Å². The summed E-state index contributed by atoms with van der Waals surface area (Å²) in [5.74, 6) is 2.01. The highest BCUT2D eigenvalue weighted by molar-refractivity contribution is 5.77. The molecule has 2 aromatic carbocycles. The zero-order valence-electron chi connectivity index (χ0n) is 20.2. The van der Waals surface area contributed by atoms with Gasteiger partial charge in [-0.25, -0.2) is 0 Å². The monoisotopic (exact) mass is 416 g/mol. The molecule has 4 rings (SSSR count). The van der Waals surface area contributed by atoms with Gasteiger partial charge in [-0.1, -0.05) is 114 Å². The fourth-order valence-electron chi connectivity index (χ4n) is 6.07. The highest BCUT2D eigenvalue weighted by Crippen LogP contribution is 2.39. The Bertz CT molecular complexity index is 822. The van der Waals surface area contributed by atoms with Crippen molar-refractivity contribution in [1.29, 1.82) is 0 Å². The Morgan fingerprint density at radius 2 is 1.16 bits per heavy atom. The lowest BCUT2D eigenvalue weighted by Crippen LogP contribution is -2.15. The molecule has 0 aromatic heterocycles. The molecule has 0 radical (unpaired) electrons. The third kappa shape index (κ3) is 6.03. The van der Waals surface area contributed by atoms with Crippen LogP contribution in [0.15, 0.2) is 36.4 Å². The summed E-state index contributed by atoms with van der Waals surface area (Å²) >= 11 is 0. The van der Waals surface area contributed by atoms with Crippen molar-refractivity contribution in [2.45, 2.75) is 110 Å². The minimum absolute atomic E-state index is 0.971. The minimum Gasteiger partial charge on any atom is -0.0654 e. The average molecular weight is 417 g/mol. The summed E-state index contributed by atoms with van der Waals surface area (Å²) in [6.45, 7) is 4.61. The molecule has 2 aliphatic rings. The van der Waals surface area contributed by atoms with Gasteiger partial charge < -0.3 is 0 Å². The van der Waals surface area contributed by atoms with Gasteiger partial charge in [0.2, 0.25) is 0 Å². The van der Waals surface area contributed by atoms with Gasteiger partial charge in [0, 0.05) is 0 Å². The van der Waals surface area contributed by atoms with Crippen molar-refractivity contribution < 1.29 is 0 Å². The van der Waals surface area contributed by atoms with Crippen LogP contribution < -0.4 is 0 Å². The second-order valence-electron chi connectivity index (χ2n) is 10.5. The SMILES string of the molecule is CCCCCc1ccc2c(c1)Cc1cc(CCC3CCC(CCCCC)CC3)ccc1-2. The lowest BCUT2D eigenvalue weighted by molar-refractivity contribution is 0.249. The smallest absolute Gasteiger partial charge is 0.00133 e. The standard InChI is InChI=1S/C31H44/c1-3-5-7-9-24-11-13-25(14-12-24)15-16-27-18-20-31-29(22-27)23-28-21-26(10-8-6-4-2)17-19-30(28)31/h17-22,24-25H,3-16,23H2,1-2H3. The number of fused-ring (bicyclic) bond motifs is 3. The Kier molecular flexibility index (Phi) is 8.28. The molecule has 0 unspecified atom stereocenters. The van der Waals surface area contributed by atoms with E-state index in [9.17, 15) is 0 Å². The van der Waals surface area contributed by atoms with Crippen molar-refractivity contribution in [2.24, 2.45) is 11.8 Å². The van der Waals surface area contributed by atoms with Crippen LogP contribution in [-0.4, -0.2) is 0 Å². The average Bonchev–Trinajstić information content (AvgIpc) is 3.16. The van der Waals surface area contributed by atoms with Crippen molar-refractivity contribution in [3.05, 3.63) is 58.7 Å². The van der Waals surface area contributed by atoms with Gasteiger partial charge in [0.25, 0.3) is 0 Å². The lowest BCUT2D eigenvalue weighted by Gasteiger charge is -2.28. The van der Waals surface area contributed by atoms with Gasteiger partial charge in [-0.05, 0) is 77.3 Å². The Morgan fingerprint density at radius 1 is 0.613 bits per heavy atom. The third-order valence-electron chi connectivity index (χ3n) is 8.10. The summed E-state index contributed by atoms with van der Waals surface area (Å²) in [5.41, 5.74) is 9.21. The maximum atomic E-state index is 2.53. The molecule has 31 heavy (non-hydrogen) atoms. The van der Waals surface area contributed by atoms with Crippen LogP contribution in [0.4, 0.5) is 0 Å². The van der Waals surface area contributed by atoms with E-state index >= 15 is 0 Å². The molecular formula is C31H44. The van der Waals surface area contributed by atoms with E-state index in [-0.39, 0.29) is 0 Å². The molecule has 0 aliphatic heterocycles. The van der Waals surface area contributed by atoms with Crippen LogP contribution in [0.1, 0.15) is 113 Å². The second-order valence-corrected chi connectivity index (χ2v) is 10.5. The van der Waals surface area contributed by atoms with E-state index in [0.29, 0.717) is 0 Å². The van der Waals surface area contributed by atoms with Crippen LogP contribution in [0.5, 0.6) is 0 Å². The van der Waals surface area contributed by atoms with E-state index in [0.717, 1.165) is 18.3 Å². The number of hydrogen-bond acceptors (Lipinski definition) is 0. The first-order valence-electron chi connectivity index (χ1n) is 13.5. The highest BCUT2D eigenvalue weighted by Gasteiger charge is 2.22. The van der Waals surface area contributed by atoms with Crippen LogP contribution in [0.3, 0.4) is 0 Å². The predicted molar refractivity (Wildman–Crippen MR) is 136 cm³/mol. The van der Waals surface area contributed by atoms with Gasteiger partial charge in [0.1, 0.15) is 0 Å². The van der Waals surface area contributed by atoms with Gasteiger partial charge in [0.05, 0.1) is 0 Å². The first kappa shape index (κ1) is 22.6. The van der Waals surface area contributed by atoms with Crippen molar-refractivity contribution in [3.63, 3.8) is 0 Å². The molecule has 0 heterocycles. The molecule has 0 amide bonds. The van der Waals surface area contributed by atoms with E-state index < -0.39 is 0 Å². The van der Waals surface area contributed by atoms with Gasteiger partial charge >= 0.3 is 0 Å². The zero-order valence-corrected chi connectivity index (χ0v) is 20.2. The predicted octanol–water partition coefficient (Wildman–Crippen LogP) is 9.31. The third-order valence-corrected chi connectivity index (χ3v) is 8.10. The summed E-state index contributed by atoms with van der Waals surface area (Å²) in [6.07, 6.45) is 20.7. The summed E-state index contributed by atoms with van der Waals surface area (Å²) in [4.78, 5) is 0. The first-order valence-corrected chi connectivity index (χ1v) is 13.5. The molecular weight excluding hydrogens is 372 g/mol. The van der Waals surface area contributed by atoms with Crippen LogP contribution in [-0.2, 0) is 19.3 Å². The summed E-state index contributed by atoms with van der Waals surface area (Å²) in [7, 11) is 0. The molecule has 2 aromatic rings. The van der Waals surface area contributed by atoms with Crippen molar-refractivity contribution >= 4 is 0 Å². The fourth-order valence-corrected chi connectivity index (χ4v) is 6.07. The molecule has 0 bridgehead atoms. The minimum atomic E-state index is 0.971. The van der Waals surface area contributed by atoms with Crippen LogP contribution >= 0.6 is 0 Å². The van der Waals surface area contributed by atoms with Crippen LogP contribution in [0.2, 0.25) is 0 Å². The number of benzene rings is 2. The summed E-state index contributed by atoms with van der Waals surface area (Å²) in [6, 6.07) is 14.6. The molecule has 0 saturated heterocycles. The molecule has 0 N–H and O–H groups in total.